The summed E-state index contributed by atoms with van der Waals surface area (Å²) in [5.74, 6) is 1.86. The summed E-state index contributed by atoms with van der Waals surface area (Å²) in [7, 11) is 1.65. The van der Waals surface area contributed by atoms with Gasteiger partial charge in [-0.1, -0.05) is 12.2 Å². The molecule has 1 aromatic rings. The van der Waals surface area contributed by atoms with E-state index in [0.717, 1.165) is 18.7 Å². The van der Waals surface area contributed by atoms with E-state index >= 15 is 0 Å². The molecule has 1 saturated carbocycles. The molecule has 1 aromatic heterocycles. The summed E-state index contributed by atoms with van der Waals surface area (Å²) >= 11 is 4.91. The van der Waals surface area contributed by atoms with Gasteiger partial charge in [0, 0.05) is 38.6 Å². The molecule has 0 aromatic carbocycles. The smallest absolute Gasteiger partial charge is 0.252 e. The third-order valence-electron chi connectivity index (χ3n) is 3.23. The Kier molecular flexibility index (Phi) is 5.08. The minimum Gasteiger partial charge on any atom is -0.393 e. The summed E-state index contributed by atoms with van der Waals surface area (Å²) < 4.78 is 5.10. The fraction of sp³-hybridized carbons (Fsp3) is 0.615. The Hall–Kier alpha value is -1.47. The van der Waals surface area contributed by atoms with Crippen LogP contribution in [0.25, 0.3) is 0 Å². The normalized spacial score (nSPS) is 14.2. The van der Waals surface area contributed by atoms with Gasteiger partial charge in [0.15, 0.2) is 0 Å². The SMILES string of the molecule is COCCN(CCC(N)=S)c1cc(=O)[nH]c(C2CC2)n1. The third kappa shape index (κ3) is 4.28. The van der Waals surface area contributed by atoms with Crippen LogP contribution in [0.15, 0.2) is 10.9 Å². The molecule has 0 amide bonds. The zero-order valence-electron chi connectivity index (χ0n) is 11.6. The van der Waals surface area contributed by atoms with Crippen LogP contribution in [-0.4, -0.2) is 41.8 Å². The quantitative estimate of drug-likeness (QED) is 0.690. The molecule has 0 radical (unpaired) electrons. The topological polar surface area (TPSA) is 84.2 Å². The van der Waals surface area contributed by atoms with Crippen molar-refractivity contribution in [2.45, 2.75) is 25.2 Å². The van der Waals surface area contributed by atoms with Crippen molar-refractivity contribution in [3.05, 3.63) is 22.2 Å². The molecular formula is C13H20N4O2S. The van der Waals surface area contributed by atoms with Gasteiger partial charge >= 0.3 is 0 Å². The Labute approximate surface area is 123 Å². The number of rotatable bonds is 8. The average Bonchev–Trinajstić information content (AvgIpc) is 3.22. The molecule has 110 valence electrons. The number of aromatic nitrogens is 2. The van der Waals surface area contributed by atoms with Crippen LogP contribution in [0.5, 0.6) is 0 Å². The van der Waals surface area contributed by atoms with Gasteiger partial charge in [-0.3, -0.25) is 4.79 Å². The third-order valence-corrected chi connectivity index (χ3v) is 3.43. The number of ether oxygens (including phenoxy) is 1. The van der Waals surface area contributed by atoms with E-state index in [9.17, 15) is 4.79 Å². The van der Waals surface area contributed by atoms with E-state index < -0.39 is 0 Å². The lowest BCUT2D eigenvalue weighted by molar-refractivity contribution is 0.205. The second-order valence-electron chi connectivity index (χ2n) is 4.96. The van der Waals surface area contributed by atoms with Crippen LogP contribution in [-0.2, 0) is 4.74 Å². The number of thiocarbonyl (C=S) groups is 1. The lowest BCUT2D eigenvalue weighted by Gasteiger charge is -2.23. The van der Waals surface area contributed by atoms with Crippen molar-refractivity contribution in [3.8, 4) is 0 Å². The first-order valence-electron chi connectivity index (χ1n) is 6.73. The first-order valence-corrected chi connectivity index (χ1v) is 7.14. The van der Waals surface area contributed by atoms with Gasteiger partial charge in [-0.05, 0) is 12.8 Å². The van der Waals surface area contributed by atoms with Gasteiger partial charge in [-0.25, -0.2) is 4.98 Å². The molecule has 0 saturated heterocycles. The molecule has 2 rings (SSSR count). The van der Waals surface area contributed by atoms with Crippen molar-refractivity contribution >= 4 is 23.0 Å². The second-order valence-corrected chi connectivity index (χ2v) is 5.48. The Balaban J connectivity index is 2.17. The molecule has 0 spiro atoms. The van der Waals surface area contributed by atoms with Gasteiger partial charge in [0.2, 0.25) is 0 Å². The molecule has 7 heteroatoms. The van der Waals surface area contributed by atoms with Crippen LogP contribution in [0, 0.1) is 0 Å². The van der Waals surface area contributed by atoms with E-state index in [0.29, 0.717) is 42.8 Å². The van der Waals surface area contributed by atoms with Gasteiger partial charge in [-0.2, -0.15) is 0 Å². The van der Waals surface area contributed by atoms with E-state index in [1.54, 1.807) is 7.11 Å². The monoisotopic (exact) mass is 296 g/mol. The van der Waals surface area contributed by atoms with Gasteiger partial charge in [0.1, 0.15) is 11.6 Å². The van der Waals surface area contributed by atoms with Crippen molar-refractivity contribution in [2.75, 3.05) is 31.7 Å². The maximum Gasteiger partial charge on any atom is 0.252 e. The number of anilines is 1. The number of nitrogens with one attached hydrogen (secondary N) is 1. The number of hydrogen-bond donors (Lipinski definition) is 2. The van der Waals surface area contributed by atoms with E-state index in [-0.39, 0.29) is 5.56 Å². The Bertz CT molecular complexity index is 527. The highest BCUT2D eigenvalue weighted by molar-refractivity contribution is 7.80. The second kappa shape index (κ2) is 6.81. The van der Waals surface area contributed by atoms with Gasteiger partial charge in [0.25, 0.3) is 5.56 Å². The molecule has 6 nitrogen and oxygen atoms in total. The van der Waals surface area contributed by atoms with Crippen LogP contribution in [0.4, 0.5) is 5.82 Å². The molecule has 0 unspecified atom stereocenters. The molecule has 1 fully saturated rings. The maximum atomic E-state index is 11.8. The van der Waals surface area contributed by atoms with Gasteiger partial charge in [-0.15, -0.1) is 0 Å². The fourth-order valence-corrected chi connectivity index (χ4v) is 2.05. The molecule has 1 aliphatic rings. The van der Waals surface area contributed by atoms with Crippen LogP contribution >= 0.6 is 12.2 Å². The zero-order valence-corrected chi connectivity index (χ0v) is 12.4. The van der Waals surface area contributed by atoms with Crippen molar-refractivity contribution in [1.29, 1.82) is 0 Å². The minimum absolute atomic E-state index is 0.116. The lowest BCUT2D eigenvalue weighted by Crippen LogP contribution is -2.32. The maximum absolute atomic E-state index is 11.8. The zero-order chi connectivity index (χ0) is 14.5. The molecule has 0 aliphatic heterocycles. The van der Waals surface area contributed by atoms with Crippen molar-refractivity contribution < 1.29 is 4.74 Å². The van der Waals surface area contributed by atoms with Crippen LogP contribution in [0.1, 0.15) is 31.0 Å². The lowest BCUT2D eigenvalue weighted by atomic mass is 10.3. The molecule has 1 aliphatic carbocycles. The average molecular weight is 296 g/mol. The van der Waals surface area contributed by atoms with Crippen molar-refractivity contribution in [1.82, 2.24) is 9.97 Å². The summed E-state index contributed by atoms with van der Waals surface area (Å²) in [6, 6.07) is 1.51. The van der Waals surface area contributed by atoms with Crippen molar-refractivity contribution in [2.24, 2.45) is 5.73 Å². The van der Waals surface area contributed by atoms with Gasteiger partial charge < -0.3 is 20.4 Å². The largest absolute Gasteiger partial charge is 0.393 e. The van der Waals surface area contributed by atoms with E-state index in [1.165, 1.54) is 6.07 Å². The summed E-state index contributed by atoms with van der Waals surface area (Å²) in [5, 5.41) is 0. The number of H-pyrrole nitrogens is 1. The van der Waals surface area contributed by atoms with Crippen molar-refractivity contribution in [3.63, 3.8) is 0 Å². The predicted molar refractivity (Wildman–Crippen MR) is 82.3 cm³/mol. The fourth-order valence-electron chi connectivity index (χ4n) is 1.96. The Morgan fingerprint density at radius 3 is 2.95 bits per heavy atom. The van der Waals surface area contributed by atoms with Crippen LogP contribution in [0.3, 0.4) is 0 Å². The van der Waals surface area contributed by atoms with Crippen LogP contribution in [0.2, 0.25) is 0 Å². The van der Waals surface area contributed by atoms with E-state index in [2.05, 4.69) is 9.97 Å². The number of nitrogens with zero attached hydrogens (tertiary/aromatic N) is 2. The predicted octanol–water partition coefficient (Wildman–Crippen LogP) is 0.776. The first kappa shape index (κ1) is 14.9. The molecule has 1 heterocycles. The molecule has 3 N–H and O–H groups in total. The molecular weight excluding hydrogens is 276 g/mol. The minimum atomic E-state index is -0.116. The number of aromatic amines is 1. The van der Waals surface area contributed by atoms with Crippen LogP contribution < -0.4 is 16.2 Å². The molecule has 20 heavy (non-hydrogen) atoms. The summed E-state index contributed by atoms with van der Waals surface area (Å²) in [6.45, 7) is 1.85. The van der Waals surface area contributed by atoms with Gasteiger partial charge in [0.05, 0.1) is 11.6 Å². The highest BCUT2D eigenvalue weighted by Crippen LogP contribution is 2.37. The number of nitrogens with two attached hydrogens (primary N) is 1. The van der Waals surface area contributed by atoms with E-state index in [1.807, 2.05) is 4.90 Å². The Morgan fingerprint density at radius 2 is 2.35 bits per heavy atom. The number of methoxy groups -OCH3 is 1. The summed E-state index contributed by atoms with van der Waals surface area (Å²) in [6.07, 6.45) is 2.78. The standard InChI is InChI=1S/C13H20N4O2S/c1-19-7-6-17(5-4-10(14)20)11-8-12(18)16-13(15-11)9-2-3-9/h8-9H,2-7H2,1H3,(H2,14,20)(H,15,16,18). The molecule has 0 atom stereocenters. The van der Waals surface area contributed by atoms with E-state index in [4.69, 9.17) is 22.7 Å². The Morgan fingerprint density at radius 1 is 1.60 bits per heavy atom. The highest BCUT2D eigenvalue weighted by Gasteiger charge is 2.27. The first-order chi connectivity index (χ1) is 9.60. The summed E-state index contributed by atoms with van der Waals surface area (Å²) in [5.41, 5.74) is 5.43. The summed E-state index contributed by atoms with van der Waals surface area (Å²) in [4.78, 5) is 21.6. The highest BCUT2D eigenvalue weighted by atomic mass is 32.1. The number of hydrogen-bond acceptors (Lipinski definition) is 5. The molecule has 0 bridgehead atoms.